The molecule has 0 radical (unpaired) electrons. The highest BCUT2D eigenvalue weighted by Crippen LogP contribution is 2.00. The first-order valence-electron chi connectivity index (χ1n) is 4.39. The molecule has 0 aliphatic carbocycles. The molecule has 15 heavy (non-hydrogen) atoms. The molecule has 0 amide bonds. The normalized spacial score (nSPS) is 10.9. The molecule has 1 aromatic rings. The molecule has 78 valence electrons. The Hall–Kier alpha value is -2.10. The molecule has 1 N–H and O–H groups in total. The Morgan fingerprint density at radius 3 is 2.80 bits per heavy atom. The molecular weight excluding hydrogens is 194 g/mol. The minimum absolute atomic E-state index is 0.249. The third kappa shape index (κ3) is 5.25. The van der Waals surface area contributed by atoms with Gasteiger partial charge in [-0.15, -0.1) is 0 Å². The minimum atomic E-state index is -1.12. The Bertz CT molecular complexity index is 357. The average molecular weight is 205 g/mol. The molecule has 0 heterocycles. The van der Waals surface area contributed by atoms with Crippen molar-refractivity contribution in [3.05, 3.63) is 42.0 Å². The van der Waals surface area contributed by atoms with Crippen molar-refractivity contribution in [2.45, 2.75) is 0 Å². The van der Waals surface area contributed by atoms with E-state index in [1.54, 1.807) is 6.08 Å². The molecule has 4 heteroatoms. The molecule has 0 saturated carbocycles. The fourth-order valence-corrected chi connectivity index (χ4v) is 0.917. The van der Waals surface area contributed by atoms with Crippen LogP contribution in [0.5, 0.6) is 0 Å². The summed E-state index contributed by atoms with van der Waals surface area (Å²) >= 11 is 0. The zero-order valence-electron chi connectivity index (χ0n) is 8.04. The van der Waals surface area contributed by atoms with E-state index in [2.05, 4.69) is 9.99 Å². The van der Waals surface area contributed by atoms with Gasteiger partial charge in [-0.25, -0.2) is 4.79 Å². The van der Waals surface area contributed by atoms with E-state index in [0.717, 1.165) is 5.56 Å². The SMILES string of the molecule is O=C(O)C=NOC/C=C/c1ccccc1. The molecule has 0 aliphatic heterocycles. The molecule has 0 aromatic heterocycles. The lowest BCUT2D eigenvalue weighted by atomic mass is 10.2. The van der Waals surface area contributed by atoms with Crippen molar-refractivity contribution < 1.29 is 14.7 Å². The Morgan fingerprint density at radius 1 is 1.40 bits per heavy atom. The van der Waals surface area contributed by atoms with Gasteiger partial charge in [0, 0.05) is 0 Å². The second kappa shape index (κ2) is 6.37. The summed E-state index contributed by atoms with van der Waals surface area (Å²) in [5.41, 5.74) is 1.06. The number of carboxylic acid groups (broad SMARTS) is 1. The maximum absolute atomic E-state index is 10.0. The van der Waals surface area contributed by atoms with Crippen LogP contribution in [0.15, 0.2) is 41.6 Å². The van der Waals surface area contributed by atoms with E-state index in [4.69, 9.17) is 5.11 Å². The van der Waals surface area contributed by atoms with E-state index in [9.17, 15) is 4.79 Å². The maximum Gasteiger partial charge on any atom is 0.350 e. The largest absolute Gasteiger partial charge is 0.477 e. The van der Waals surface area contributed by atoms with Crippen molar-refractivity contribution in [1.29, 1.82) is 0 Å². The van der Waals surface area contributed by atoms with Crippen molar-refractivity contribution in [2.24, 2.45) is 5.16 Å². The number of aliphatic carboxylic acids is 1. The molecule has 0 unspecified atom stereocenters. The van der Waals surface area contributed by atoms with E-state index in [-0.39, 0.29) is 6.61 Å². The van der Waals surface area contributed by atoms with Gasteiger partial charge >= 0.3 is 5.97 Å². The van der Waals surface area contributed by atoms with E-state index < -0.39 is 5.97 Å². The fraction of sp³-hybridized carbons (Fsp3) is 0.0909. The number of nitrogens with zero attached hydrogens (tertiary/aromatic N) is 1. The Labute approximate surface area is 87.5 Å². The summed E-state index contributed by atoms with van der Waals surface area (Å²) in [7, 11) is 0. The van der Waals surface area contributed by atoms with Crippen LogP contribution >= 0.6 is 0 Å². The zero-order valence-corrected chi connectivity index (χ0v) is 8.04. The highest BCUT2D eigenvalue weighted by atomic mass is 16.6. The molecule has 0 bridgehead atoms. The van der Waals surface area contributed by atoms with Gasteiger partial charge in [0.05, 0.1) is 0 Å². The highest BCUT2D eigenvalue weighted by Gasteiger charge is 1.85. The van der Waals surface area contributed by atoms with Gasteiger partial charge in [0.15, 0.2) is 6.21 Å². The van der Waals surface area contributed by atoms with Crippen LogP contribution in [0.2, 0.25) is 0 Å². The van der Waals surface area contributed by atoms with Crippen LogP contribution in [0.3, 0.4) is 0 Å². The highest BCUT2D eigenvalue weighted by molar-refractivity contribution is 6.21. The van der Waals surface area contributed by atoms with Crippen LogP contribution in [-0.2, 0) is 9.63 Å². The second-order valence-corrected chi connectivity index (χ2v) is 2.68. The van der Waals surface area contributed by atoms with Gasteiger partial charge in [-0.2, -0.15) is 0 Å². The first-order valence-corrected chi connectivity index (χ1v) is 4.39. The fourth-order valence-electron chi connectivity index (χ4n) is 0.917. The van der Waals surface area contributed by atoms with Gasteiger partial charge in [0.1, 0.15) is 6.61 Å². The summed E-state index contributed by atoms with van der Waals surface area (Å²) in [5.74, 6) is -1.12. The van der Waals surface area contributed by atoms with Crippen molar-refractivity contribution in [2.75, 3.05) is 6.61 Å². The third-order valence-corrected chi connectivity index (χ3v) is 1.52. The lowest BCUT2D eigenvalue weighted by Crippen LogP contribution is -1.95. The van der Waals surface area contributed by atoms with Gasteiger partial charge in [0.25, 0.3) is 0 Å². The second-order valence-electron chi connectivity index (χ2n) is 2.68. The lowest BCUT2D eigenvalue weighted by molar-refractivity contribution is -0.129. The topological polar surface area (TPSA) is 58.9 Å². The summed E-state index contributed by atoms with van der Waals surface area (Å²) < 4.78 is 0. The van der Waals surface area contributed by atoms with Crippen LogP contribution in [0.1, 0.15) is 5.56 Å². The number of hydrogen-bond acceptors (Lipinski definition) is 3. The maximum atomic E-state index is 10.0. The third-order valence-electron chi connectivity index (χ3n) is 1.52. The summed E-state index contributed by atoms with van der Waals surface area (Å²) in [6.45, 7) is 0.249. The molecule has 0 fully saturated rings. The lowest BCUT2D eigenvalue weighted by Gasteiger charge is -1.92. The van der Waals surface area contributed by atoms with E-state index in [0.29, 0.717) is 6.21 Å². The summed E-state index contributed by atoms with van der Waals surface area (Å²) in [5, 5.41) is 11.4. The Morgan fingerprint density at radius 2 is 2.13 bits per heavy atom. The number of benzene rings is 1. The molecule has 1 rings (SSSR count). The predicted octanol–water partition coefficient (Wildman–Crippen LogP) is 1.79. The first-order chi connectivity index (χ1) is 7.29. The monoisotopic (exact) mass is 205 g/mol. The van der Waals surface area contributed by atoms with Crippen LogP contribution in [0.25, 0.3) is 6.08 Å². The molecule has 4 nitrogen and oxygen atoms in total. The molecule has 0 aliphatic rings. The van der Waals surface area contributed by atoms with E-state index >= 15 is 0 Å². The van der Waals surface area contributed by atoms with Crippen molar-refractivity contribution in [1.82, 2.24) is 0 Å². The zero-order chi connectivity index (χ0) is 10.9. The molecule has 1 aromatic carbocycles. The number of hydrogen-bond donors (Lipinski definition) is 1. The van der Waals surface area contributed by atoms with Crippen molar-refractivity contribution >= 4 is 18.3 Å². The molecular formula is C11H11NO3. The molecule has 0 spiro atoms. The van der Waals surface area contributed by atoms with Crippen molar-refractivity contribution in [3.63, 3.8) is 0 Å². The molecule has 0 saturated heterocycles. The summed E-state index contributed by atoms with van der Waals surface area (Å²) in [6, 6.07) is 9.71. The Balaban J connectivity index is 2.26. The predicted molar refractivity (Wildman–Crippen MR) is 57.6 cm³/mol. The van der Waals surface area contributed by atoms with Crippen LogP contribution in [-0.4, -0.2) is 23.9 Å². The smallest absolute Gasteiger partial charge is 0.350 e. The molecule has 0 atom stereocenters. The average Bonchev–Trinajstić information content (AvgIpc) is 2.24. The van der Waals surface area contributed by atoms with Gasteiger partial charge in [-0.05, 0) is 11.6 Å². The quantitative estimate of drug-likeness (QED) is 0.453. The minimum Gasteiger partial charge on any atom is -0.477 e. The van der Waals surface area contributed by atoms with E-state index in [1.807, 2.05) is 36.4 Å². The summed E-state index contributed by atoms with van der Waals surface area (Å²) in [4.78, 5) is 14.7. The van der Waals surface area contributed by atoms with Crippen molar-refractivity contribution in [3.8, 4) is 0 Å². The number of oxime groups is 1. The number of carbonyl (C=O) groups is 1. The van der Waals surface area contributed by atoms with Crippen LogP contribution < -0.4 is 0 Å². The van der Waals surface area contributed by atoms with Gasteiger partial charge in [-0.1, -0.05) is 41.6 Å². The number of carboxylic acids is 1. The summed E-state index contributed by atoms with van der Waals surface area (Å²) in [6.07, 6.45) is 4.33. The number of rotatable bonds is 5. The Kier molecular flexibility index (Phi) is 4.66. The van der Waals surface area contributed by atoms with Gasteiger partial charge in [0.2, 0.25) is 0 Å². The van der Waals surface area contributed by atoms with E-state index in [1.165, 1.54) is 0 Å². The first kappa shape index (κ1) is 11.0. The van der Waals surface area contributed by atoms with Crippen LogP contribution in [0, 0.1) is 0 Å². The van der Waals surface area contributed by atoms with Gasteiger partial charge in [-0.3, -0.25) is 0 Å². The van der Waals surface area contributed by atoms with Crippen LogP contribution in [0.4, 0.5) is 0 Å². The van der Waals surface area contributed by atoms with Gasteiger partial charge < -0.3 is 9.94 Å². The standard InChI is InChI=1S/C11H11NO3/c13-11(14)9-12-15-8-4-7-10-5-2-1-3-6-10/h1-7,9H,8H2,(H,13,14)/b7-4+,12-9?.